The quantitative estimate of drug-likeness (QED) is 0.752. The third-order valence-electron chi connectivity index (χ3n) is 4.98. The molecule has 2 fully saturated rings. The van der Waals surface area contributed by atoms with Gasteiger partial charge in [-0.15, -0.1) is 0 Å². The Balaban J connectivity index is 1.92. The molecule has 8 nitrogen and oxygen atoms in total. The zero-order valence-electron chi connectivity index (χ0n) is 15.8. The number of amides is 3. The van der Waals surface area contributed by atoms with E-state index < -0.39 is 21.9 Å². The third kappa shape index (κ3) is 3.73. The fourth-order valence-electron chi connectivity index (χ4n) is 3.78. The first kappa shape index (κ1) is 19.5. The summed E-state index contributed by atoms with van der Waals surface area (Å²) in [5, 5.41) is 0. The number of rotatable bonds is 3. The van der Waals surface area contributed by atoms with E-state index in [1.165, 1.54) is 4.90 Å². The van der Waals surface area contributed by atoms with E-state index in [0.717, 1.165) is 0 Å². The minimum atomic E-state index is -3.33. The molecule has 2 heterocycles. The molecule has 0 saturated carbocycles. The molecule has 0 aliphatic carbocycles. The predicted octanol–water partition coefficient (Wildman–Crippen LogP) is 0.690. The van der Waals surface area contributed by atoms with Crippen LogP contribution in [0.25, 0.3) is 0 Å². The number of urea groups is 1. The van der Waals surface area contributed by atoms with E-state index in [-0.39, 0.29) is 30.0 Å². The van der Waals surface area contributed by atoms with Crippen LogP contribution in [0.2, 0.25) is 0 Å². The molecule has 2 atom stereocenters. The molecule has 0 radical (unpaired) electrons. The summed E-state index contributed by atoms with van der Waals surface area (Å²) in [6.07, 6.45) is 0. The first-order chi connectivity index (χ1) is 12.7. The van der Waals surface area contributed by atoms with Gasteiger partial charge in [0, 0.05) is 27.2 Å². The van der Waals surface area contributed by atoms with Gasteiger partial charge in [0.2, 0.25) is 0 Å². The molecule has 0 N–H and O–H groups in total. The maximum atomic E-state index is 13.2. The predicted molar refractivity (Wildman–Crippen MR) is 101 cm³/mol. The van der Waals surface area contributed by atoms with Crippen LogP contribution < -0.4 is 4.74 Å². The highest BCUT2D eigenvalue weighted by Gasteiger charge is 2.50. The van der Waals surface area contributed by atoms with E-state index in [0.29, 0.717) is 24.5 Å². The molecule has 2 aliphatic heterocycles. The molecule has 148 valence electrons. The lowest BCUT2D eigenvalue weighted by atomic mass is 10.0. The molecule has 2 aliphatic rings. The zero-order chi connectivity index (χ0) is 19.8. The van der Waals surface area contributed by atoms with Crippen LogP contribution in [-0.4, -0.2) is 92.4 Å². The summed E-state index contributed by atoms with van der Waals surface area (Å²) in [6, 6.07) is 5.65. The molecular weight excluding hydrogens is 370 g/mol. The molecule has 9 heteroatoms. The second-order valence-corrected chi connectivity index (χ2v) is 9.16. The summed E-state index contributed by atoms with van der Waals surface area (Å²) in [7, 11) is -0.0564. The van der Waals surface area contributed by atoms with Crippen LogP contribution in [0.4, 0.5) is 4.79 Å². The number of benzene rings is 1. The number of nitrogens with zero attached hydrogens (tertiary/aromatic N) is 3. The molecule has 1 aromatic rings. The number of piperazine rings is 1. The van der Waals surface area contributed by atoms with Gasteiger partial charge in [0.05, 0.1) is 35.8 Å². The number of para-hydroxylation sites is 1. The minimum absolute atomic E-state index is 0.117. The van der Waals surface area contributed by atoms with Crippen molar-refractivity contribution in [1.82, 2.24) is 14.7 Å². The lowest BCUT2D eigenvalue weighted by Gasteiger charge is -2.44. The molecule has 2 saturated heterocycles. The maximum Gasteiger partial charge on any atom is 0.319 e. The first-order valence-corrected chi connectivity index (χ1v) is 10.8. The van der Waals surface area contributed by atoms with Crippen LogP contribution in [0, 0.1) is 0 Å². The van der Waals surface area contributed by atoms with Crippen molar-refractivity contribution in [2.24, 2.45) is 0 Å². The Morgan fingerprint density at radius 1 is 1.11 bits per heavy atom. The number of carbonyl (C=O) groups excluding carboxylic acids is 2. The van der Waals surface area contributed by atoms with Crippen molar-refractivity contribution in [3.63, 3.8) is 0 Å². The van der Waals surface area contributed by atoms with E-state index in [1.54, 1.807) is 48.2 Å². The van der Waals surface area contributed by atoms with E-state index in [4.69, 9.17) is 4.74 Å². The molecule has 3 amide bonds. The minimum Gasteiger partial charge on any atom is -0.493 e. The zero-order valence-corrected chi connectivity index (χ0v) is 16.6. The molecule has 2 unspecified atom stereocenters. The van der Waals surface area contributed by atoms with Crippen LogP contribution in [0.15, 0.2) is 24.3 Å². The number of hydrogen-bond acceptors (Lipinski definition) is 5. The SMILES string of the molecule is CCOc1ccccc1C(=O)N1CCN(C(=O)N(C)C)C2CS(=O)(=O)CC21. The van der Waals surface area contributed by atoms with E-state index in [2.05, 4.69) is 0 Å². The largest absolute Gasteiger partial charge is 0.493 e. The summed E-state index contributed by atoms with van der Waals surface area (Å²) >= 11 is 0. The van der Waals surface area contributed by atoms with Gasteiger partial charge in [-0.3, -0.25) is 4.79 Å². The van der Waals surface area contributed by atoms with E-state index in [1.807, 2.05) is 6.92 Å². The van der Waals surface area contributed by atoms with Gasteiger partial charge in [-0.05, 0) is 19.1 Å². The van der Waals surface area contributed by atoms with Crippen LogP contribution in [0.5, 0.6) is 5.75 Å². The standard InChI is InChI=1S/C18H25N3O5S/c1-4-26-16-8-6-5-7-13(16)17(22)20-9-10-21(18(23)19(2)3)15-12-27(24,25)11-14(15)20/h5-8,14-15H,4,9-12H2,1-3H3. The van der Waals surface area contributed by atoms with E-state index >= 15 is 0 Å². The number of ether oxygens (including phenoxy) is 1. The van der Waals surface area contributed by atoms with Crippen molar-refractivity contribution in [3.8, 4) is 5.75 Å². The molecule has 1 aromatic carbocycles. The van der Waals surface area contributed by atoms with Crippen molar-refractivity contribution in [1.29, 1.82) is 0 Å². The monoisotopic (exact) mass is 395 g/mol. The van der Waals surface area contributed by atoms with Gasteiger partial charge in [-0.1, -0.05) is 12.1 Å². The van der Waals surface area contributed by atoms with Gasteiger partial charge < -0.3 is 19.4 Å². The molecule has 3 rings (SSSR count). The first-order valence-electron chi connectivity index (χ1n) is 8.96. The fraction of sp³-hybridized carbons (Fsp3) is 0.556. The lowest BCUT2D eigenvalue weighted by Crippen LogP contribution is -2.63. The Bertz CT molecular complexity index is 839. The summed E-state index contributed by atoms with van der Waals surface area (Å²) in [5.74, 6) is -0.0248. The van der Waals surface area contributed by atoms with Crippen molar-refractivity contribution in [2.75, 3.05) is 45.3 Å². The maximum absolute atomic E-state index is 13.2. The Morgan fingerprint density at radius 2 is 1.70 bits per heavy atom. The third-order valence-corrected chi connectivity index (χ3v) is 6.68. The Kier molecular flexibility index (Phi) is 5.32. The van der Waals surface area contributed by atoms with Gasteiger partial charge in [0.25, 0.3) is 5.91 Å². The normalized spacial score (nSPS) is 23.7. The number of carbonyl (C=O) groups is 2. The van der Waals surface area contributed by atoms with Crippen molar-refractivity contribution >= 4 is 21.8 Å². The molecular formula is C18H25N3O5S. The van der Waals surface area contributed by atoms with Crippen LogP contribution in [-0.2, 0) is 9.84 Å². The summed E-state index contributed by atoms with van der Waals surface area (Å²) in [5.41, 5.74) is 0.412. The Hall–Kier alpha value is -2.29. The highest BCUT2D eigenvalue weighted by molar-refractivity contribution is 7.91. The molecule has 0 spiro atoms. The topological polar surface area (TPSA) is 87.2 Å². The van der Waals surface area contributed by atoms with E-state index in [9.17, 15) is 18.0 Å². The van der Waals surface area contributed by atoms with Gasteiger partial charge in [-0.25, -0.2) is 13.2 Å². The number of fused-ring (bicyclic) bond motifs is 1. The van der Waals surface area contributed by atoms with Crippen LogP contribution in [0.1, 0.15) is 17.3 Å². The molecule has 27 heavy (non-hydrogen) atoms. The highest BCUT2D eigenvalue weighted by atomic mass is 32.2. The van der Waals surface area contributed by atoms with Gasteiger partial charge >= 0.3 is 6.03 Å². The number of sulfone groups is 1. The van der Waals surface area contributed by atoms with Crippen molar-refractivity contribution < 1.29 is 22.7 Å². The van der Waals surface area contributed by atoms with Gasteiger partial charge in [-0.2, -0.15) is 0 Å². The average molecular weight is 395 g/mol. The Morgan fingerprint density at radius 3 is 2.33 bits per heavy atom. The smallest absolute Gasteiger partial charge is 0.319 e. The van der Waals surface area contributed by atoms with Gasteiger partial charge in [0.15, 0.2) is 9.84 Å². The summed E-state index contributed by atoms with van der Waals surface area (Å²) in [6.45, 7) is 2.86. The second-order valence-electron chi connectivity index (χ2n) is 7.01. The molecule has 0 bridgehead atoms. The number of hydrogen-bond donors (Lipinski definition) is 0. The average Bonchev–Trinajstić information content (AvgIpc) is 2.95. The van der Waals surface area contributed by atoms with Crippen LogP contribution in [0.3, 0.4) is 0 Å². The second kappa shape index (κ2) is 7.38. The van der Waals surface area contributed by atoms with Crippen molar-refractivity contribution in [3.05, 3.63) is 29.8 Å². The Labute approximate surface area is 159 Å². The summed E-state index contributed by atoms with van der Waals surface area (Å²) < 4.78 is 30.1. The van der Waals surface area contributed by atoms with Crippen LogP contribution >= 0.6 is 0 Å². The fourth-order valence-corrected chi connectivity index (χ4v) is 5.76. The summed E-state index contributed by atoms with van der Waals surface area (Å²) in [4.78, 5) is 30.3. The lowest BCUT2D eigenvalue weighted by molar-refractivity contribution is 0.0390. The van der Waals surface area contributed by atoms with Crippen molar-refractivity contribution in [2.45, 2.75) is 19.0 Å². The van der Waals surface area contributed by atoms with Gasteiger partial charge in [0.1, 0.15) is 5.75 Å². The highest BCUT2D eigenvalue weighted by Crippen LogP contribution is 2.30. The molecule has 0 aromatic heterocycles.